The van der Waals surface area contributed by atoms with Gasteiger partial charge in [0.05, 0.1) is 5.56 Å². The van der Waals surface area contributed by atoms with Crippen LogP contribution in [0.4, 0.5) is 0 Å². The van der Waals surface area contributed by atoms with Gasteiger partial charge in [-0.05, 0) is 66.0 Å². The van der Waals surface area contributed by atoms with Crippen LogP contribution in [0.15, 0.2) is 62.4 Å². The highest BCUT2D eigenvalue weighted by molar-refractivity contribution is 7.07. The average molecular weight is 395 g/mol. The minimum atomic E-state index is -0.385. The molecule has 1 aromatic carbocycles. The van der Waals surface area contributed by atoms with Crippen molar-refractivity contribution < 1.29 is 9.52 Å². The second-order valence-corrected chi connectivity index (χ2v) is 8.52. The third-order valence-corrected chi connectivity index (χ3v) is 6.54. The van der Waals surface area contributed by atoms with Crippen LogP contribution >= 0.6 is 11.3 Å². The first-order valence-corrected chi connectivity index (χ1v) is 11.0. The Morgan fingerprint density at radius 3 is 2.61 bits per heavy atom. The molecule has 2 heterocycles. The molecule has 0 radical (unpaired) electrons. The lowest BCUT2D eigenvalue weighted by Crippen LogP contribution is -2.17. The van der Waals surface area contributed by atoms with Crippen LogP contribution < -0.4 is 5.63 Å². The molecule has 0 amide bonds. The fourth-order valence-corrected chi connectivity index (χ4v) is 4.79. The first-order valence-electron chi connectivity index (χ1n) is 10.1. The lowest BCUT2D eigenvalue weighted by Gasteiger charge is -2.19. The molecule has 3 nitrogen and oxygen atoms in total. The van der Waals surface area contributed by atoms with Gasteiger partial charge in [0, 0.05) is 17.9 Å². The topological polar surface area (TPSA) is 50.4 Å². The van der Waals surface area contributed by atoms with E-state index in [2.05, 4.69) is 23.8 Å². The Bertz CT molecular complexity index is 955. The van der Waals surface area contributed by atoms with Gasteiger partial charge in [0.1, 0.15) is 11.5 Å². The van der Waals surface area contributed by atoms with E-state index in [1.54, 1.807) is 17.4 Å². The highest BCUT2D eigenvalue weighted by atomic mass is 32.1. The van der Waals surface area contributed by atoms with Crippen LogP contribution in [-0.4, -0.2) is 5.11 Å². The van der Waals surface area contributed by atoms with Crippen molar-refractivity contribution >= 4 is 11.3 Å². The molecule has 0 saturated heterocycles. The van der Waals surface area contributed by atoms with Crippen molar-refractivity contribution in [2.24, 2.45) is 5.92 Å². The summed E-state index contributed by atoms with van der Waals surface area (Å²) in [7, 11) is 0. The SMILES string of the molecule is CCC(CCc1ccsc1)c1cc(O)c(C(c2ccccc2)C2CC2)c(=O)o1. The van der Waals surface area contributed by atoms with E-state index in [0.29, 0.717) is 17.2 Å². The number of hydrogen-bond acceptors (Lipinski definition) is 4. The van der Waals surface area contributed by atoms with Crippen LogP contribution in [0, 0.1) is 5.92 Å². The molecule has 2 unspecified atom stereocenters. The molecule has 28 heavy (non-hydrogen) atoms. The summed E-state index contributed by atoms with van der Waals surface area (Å²) in [5.74, 6) is 1.14. The van der Waals surface area contributed by atoms with Crippen LogP contribution in [0.25, 0.3) is 0 Å². The summed E-state index contributed by atoms with van der Waals surface area (Å²) in [5.41, 5.74) is 2.42. The Morgan fingerprint density at radius 2 is 2.00 bits per heavy atom. The van der Waals surface area contributed by atoms with Crippen molar-refractivity contribution in [3.63, 3.8) is 0 Å². The van der Waals surface area contributed by atoms with Gasteiger partial charge in [-0.15, -0.1) is 0 Å². The monoisotopic (exact) mass is 394 g/mol. The van der Waals surface area contributed by atoms with E-state index in [-0.39, 0.29) is 23.2 Å². The van der Waals surface area contributed by atoms with Gasteiger partial charge in [-0.25, -0.2) is 4.79 Å². The van der Waals surface area contributed by atoms with E-state index >= 15 is 0 Å². The van der Waals surface area contributed by atoms with Crippen molar-refractivity contribution in [1.29, 1.82) is 0 Å². The number of benzene rings is 1. The molecule has 1 aliphatic carbocycles. The van der Waals surface area contributed by atoms with E-state index in [0.717, 1.165) is 37.7 Å². The van der Waals surface area contributed by atoms with E-state index < -0.39 is 0 Å². The molecular weight excluding hydrogens is 368 g/mol. The predicted molar refractivity (Wildman–Crippen MR) is 113 cm³/mol. The maximum Gasteiger partial charge on any atom is 0.343 e. The second-order valence-electron chi connectivity index (χ2n) is 7.74. The Hall–Kier alpha value is -2.33. The quantitative estimate of drug-likeness (QED) is 0.504. The zero-order valence-electron chi connectivity index (χ0n) is 16.1. The molecule has 0 spiro atoms. The standard InChI is InChI=1S/C24H26O3S/c1-2-17(9-8-16-12-13-28-15-16)21-14-20(25)23(24(26)27-21)22(19-10-11-19)18-6-4-3-5-7-18/h3-7,12-15,17,19,22,25H,2,8-11H2,1H3. The highest BCUT2D eigenvalue weighted by Gasteiger charge is 2.37. The minimum absolute atomic E-state index is 0.0842. The van der Waals surface area contributed by atoms with Crippen molar-refractivity contribution in [2.45, 2.75) is 50.9 Å². The molecule has 1 saturated carbocycles. The fraction of sp³-hybridized carbons (Fsp3) is 0.375. The lowest BCUT2D eigenvalue weighted by molar-refractivity contribution is 0.374. The Balaban J connectivity index is 1.63. The molecule has 0 bridgehead atoms. The third-order valence-electron chi connectivity index (χ3n) is 5.81. The molecule has 1 fully saturated rings. The van der Waals surface area contributed by atoms with Gasteiger partial charge < -0.3 is 9.52 Å². The molecule has 4 heteroatoms. The first-order chi connectivity index (χ1) is 13.7. The van der Waals surface area contributed by atoms with Crippen molar-refractivity contribution in [3.8, 4) is 5.75 Å². The maximum absolute atomic E-state index is 12.9. The molecule has 3 aromatic rings. The molecule has 1 aliphatic rings. The van der Waals surface area contributed by atoms with E-state index in [1.165, 1.54) is 5.56 Å². The largest absolute Gasteiger partial charge is 0.507 e. The van der Waals surface area contributed by atoms with Crippen LogP contribution in [0.2, 0.25) is 0 Å². The first kappa shape index (κ1) is 19.0. The molecule has 1 N–H and O–H groups in total. The minimum Gasteiger partial charge on any atom is -0.507 e. The highest BCUT2D eigenvalue weighted by Crippen LogP contribution is 2.47. The Kier molecular flexibility index (Phi) is 5.67. The summed E-state index contributed by atoms with van der Waals surface area (Å²) < 4.78 is 5.78. The molecule has 2 atom stereocenters. The maximum atomic E-state index is 12.9. The number of aromatic hydroxyl groups is 1. The van der Waals surface area contributed by atoms with Gasteiger partial charge in [0.15, 0.2) is 0 Å². The molecular formula is C24H26O3S. The third kappa shape index (κ3) is 4.07. The van der Waals surface area contributed by atoms with Gasteiger partial charge in [0.25, 0.3) is 0 Å². The number of rotatable bonds is 8. The van der Waals surface area contributed by atoms with Crippen molar-refractivity contribution in [1.82, 2.24) is 0 Å². The summed E-state index contributed by atoms with van der Waals surface area (Å²) in [6.07, 6.45) is 4.89. The summed E-state index contributed by atoms with van der Waals surface area (Å²) in [4.78, 5) is 12.9. The summed E-state index contributed by atoms with van der Waals surface area (Å²) in [6, 6.07) is 13.8. The van der Waals surface area contributed by atoms with Gasteiger partial charge in [0.2, 0.25) is 0 Å². The van der Waals surface area contributed by atoms with E-state index in [4.69, 9.17) is 4.42 Å². The average Bonchev–Trinajstić information content (AvgIpc) is 3.40. The number of thiophene rings is 1. The summed E-state index contributed by atoms with van der Waals surface area (Å²) in [6.45, 7) is 2.10. The Morgan fingerprint density at radius 1 is 1.21 bits per heavy atom. The van der Waals surface area contributed by atoms with Crippen LogP contribution in [0.5, 0.6) is 5.75 Å². The van der Waals surface area contributed by atoms with Gasteiger partial charge in [-0.2, -0.15) is 11.3 Å². The van der Waals surface area contributed by atoms with Crippen LogP contribution in [0.3, 0.4) is 0 Å². The zero-order valence-corrected chi connectivity index (χ0v) is 17.0. The normalized spacial score (nSPS) is 16.0. The molecule has 4 rings (SSSR count). The van der Waals surface area contributed by atoms with E-state index in [1.807, 2.05) is 30.3 Å². The number of aryl methyl sites for hydroxylation is 1. The van der Waals surface area contributed by atoms with Gasteiger partial charge in [-0.3, -0.25) is 0 Å². The Labute approximate surface area is 169 Å². The van der Waals surface area contributed by atoms with Gasteiger partial charge in [-0.1, -0.05) is 37.3 Å². The molecule has 2 aromatic heterocycles. The van der Waals surface area contributed by atoms with Crippen LogP contribution in [0.1, 0.15) is 66.9 Å². The van der Waals surface area contributed by atoms with E-state index in [9.17, 15) is 9.90 Å². The summed E-state index contributed by atoms with van der Waals surface area (Å²) >= 11 is 1.70. The van der Waals surface area contributed by atoms with Crippen LogP contribution in [-0.2, 0) is 6.42 Å². The van der Waals surface area contributed by atoms with Gasteiger partial charge >= 0.3 is 5.63 Å². The smallest absolute Gasteiger partial charge is 0.343 e. The predicted octanol–water partition coefficient (Wildman–Crippen LogP) is 6.08. The molecule has 0 aliphatic heterocycles. The number of hydrogen-bond donors (Lipinski definition) is 1. The molecule has 146 valence electrons. The lowest BCUT2D eigenvalue weighted by atomic mass is 9.87. The summed E-state index contributed by atoms with van der Waals surface area (Å²) in [5, 5.41) is 15.1. The van der Waals surface area contributed by atoms with Crippen molar-refractivity contribution in [3.05, 3.63) is 86.1 Å². The second kappa shape index (κ2) is 8.36. The fourth-order valence-electron chi connectivity index (χ4n) is 4.08. The zero-order chi connectivity index (χ0) is 19.5. The van der Waals surface area contributed by atoms with Crippen molar-refractivity contribution in [2.75, 3.05) is 0 Å².